The van der Waals surface area contributed by atoms with Gasteiger partial charge in [-0.05, 0) is 38.1 Å². The van der Waals surface area contributed by atoms with Crippen LogP contribution in [0.15, 0.2) is 48.9 Å². The van der Waals surface area contributed by atoms with Gasteiger partial charge in [0.25, 0.3) is 5.91 Å². The van der Waals surface area contributed by atoms with Crippen molar-refractivity contribution in [2.24, 2.45) is 0 Å². The lowest BCUT2D eigenvalue weighted by atomic mass is 10.0. The Hall–Kier alpha value is -4.76. The third-order valence-corrected chi connectivity index (χ3v) is 6.03. The fraction of sp³-hybridized carbons (Fsp3) is 0.269. The molecule has 4 N–H and O–H groups in total. The van der Waals surface area contributed by atoms with E-state index in [0.29, 0.717) is 58.6 Å². The number of aliphatic hydroxyl groups is 1. The summed E-state index contributed by atoms with van der Waals surface area (Å²) in [6.45, 7) is 3.45. The van der Waals surface area contributed by atoms with Crippen LogP contribution in [-0.4, -0.2) is 62.1 Å². The van der Waals surface area contributed by atoms with Gasteiger partial charge in [0.05, 0.1) is 70.5 Å². The highest BCUT2D eigenvalue weighted by Gasteiger charge is 2.27. The van der Waals surface area contributed by atoms with Crippen LogP contribution in [0, 0.1) is 11.3 Å². The fourth-order valence-electron chi connectivity index (χ4n) is 3.90. The van der Waals surface area contributed by atoms with Crippen molar-refractivity contribution in [3.8, 4) is 23.2 Å². The largest absolute Gasteiger partial charge is 0.488 e. The number of alkyl halides is 1. The van der Waals surface area contributed by atoms with Gasteiger partial charge in [-0.25, -0.2) is 13.9 Å². The van der Waals surface area contributed by atoms with Gasteiger partial charge in [-0.3, -0.25) is 9.78 Å². The molecule has 0 bridgehead atoms. The summed E-state index contributed by atoms with van der Waals surface area (Å²) in [4.78, 5) is 21.9. The van der Waals surface area contributed by atoms with Gasteiger partial charge in [0, 0.05) is 12.3 Å². The summed E-state index contributed by atoms with van der Waals surface area (Å²) in [5, 5.41) is 32.3. The number of ether oxygens (including phenoxy) is 1. The zero-order valence-electron chi connectivity index (χ0n) is 20.7. The number of hydrogen-bond donors (Lipinski definition) is 4. The summed E-state index contributed by atoms with van der Waals surface area (Å²) >= 11 is 0. The molecule has 11 nitrogen and oxygen atoms in total. The minimum Gasteiger partial charge on any atom is -0.488 e. The van der Waals surface area contributed by atoms with E-state index in [1.165, 1.54) is 26.2 Å². The zero-order valence-corrected chi connectivity index (χ0v) is 20.7. The summed E-state index contributed by atoms with van der Waals surface area (Å²) in [6.07, 6.45) is 2.78. The van der Waals surface area contributed by atoms with E-state index in [-0.39, 0.29) is 12.1 Å². The van der Waals surface area contributed by atoms with E-state index in [0.717, 1.165) is 0 Å². The van der Waals surface area contributed by atoms with Gasteiger partial charge in [-0.1, -0.05) is 0 Å². The number of fused-ring (bicyclic) bond motifs is 2. The number of pyridine rings is 2. The lowest BCUT2D eigenvalue weighted by Gasteiger charge is -2.23. The Bertz CT molecular complexity index is 1560. The first kappa shape index (κ1) is 24.9. The van der Waals surface area contributed by atoms with E-state index >= 15 is 0 Å². The van der Waals surface area contributed by atoms with Crippen molar-refractivity contribution in [3.05, 3.63) is 60.0 Å². The minimum absolute atomic E-state index is 0.161. The number of nitrogens with one attached hydrogen (secondary N) is 3. The third kappa shape index (κ3) is 5.05. The molecule has 12 heteroatoms. The Morgan fingerprint density at radius 2 is 2.13 bits per heavy atom. The maximum Gasteiger partial charge on any atom is 0.255 e. The second kappa shape index (κ2) is 9.95. The first-order valence-corrected chi connectivity index (χ1v) is 11.9. The van der Waals surface area contributed by atoms with Crippen molar-refractivity contribution in [2.75, 3.05) is 30.3 Å². The van der Waals surface area contributed by atoms with E-state index in [9.17, 15) is 14.3 Å². The molecule has 1 aliphatic rings. The number of carbonyl (C=O) groups excluding carboxylic acids is 1. The molecule has 194 valence electrons. The van der Waals surface area contributed by atoms with Crippen LogP contribution in [0.1, 0.15) is 29.8 Å². The number of nitrogens with zero attached hydrogens (tertiary/aromatic N) is 5. The van der Waals surface area contributed by atoms with Crippen LogP contribution in [0.25, 0.3) is 16.9 Å². The molecule has 38 heavy (non-hydrogen) atoms. The molecule has 4 aromatic rings. The van der Waals surface area contributed by atoms with Crippen molar-refractivity contribution in [2.45, 2.75) is 25.6 Å². The van der Waals surface area contributed by atoms with E-state index in [4.69, 9.17) is 10.00 Å². The van der Waals surface area contributed by atoms with Gasteiger partial charge in [0.2, 0.25) is 0 Å². The smallest absolute Gasteiger partial charge is 0.255 e. The molecule has 1 atom stereocenters. The van der Waals surface area contributed by atoms with Crippen molar-refractivity contribution in [1.29, 1.82) is 5.26 Å². The Balaban J connectivity index is 1.51. The monoisotopic (exact) mass is 516 g/mol. The molecule has 1 amide bonds. The Kier molecular flexibility index (Phi) is 6.52. The highest BCUT2D eigenvalue weighted by Crippen LogP contribution is 2.31. The lowest BCUT2D eigenvalue weighted by molar-refractivity contribution is -0.00177. The molecular weight excluding hydrogens is 491 g/mol. The molecule has 4 aromatic heterocycles. The first-order chi connectivity index (χ1) is 18.2. The van der Waals surface area contributed by atoms with Crippen LogP contribution >= 0.6 is 0 Å². The van der Waals surface area contributed by atoms with Gasteiger partial charge in [-0.2, -0.15) is 10.4 Å². The van der Waals surface area contributed by atoms with Gasteiger partial charge in [0.1, 0.15) is 18.8 Å². The van der Waals surface area contributed by atoms with Crippen LogP contribution in [0.4, 0.5) is 21.6 Å². The maximum absolute atomic E-state index is 14.3. The van der Waals surface area contributed by atoms with Gasteiger partial charge in [-0.15, -0.1) is 0 Å². The van der Waals surface area contributed by atoms with E-state index in [1.54, 1.807) is 28.9 Å². The SMILES string of the molecule is CC(C)(O)C(F)CNC(=O)c1cnc(-c2ccc3cc(C#N)cnn23)cc1Nc1cnc2c(c1)OCCN2. The van der Waals surface area contributed by atoms with Gasteiger partial charge in [0.15, 0.2) is 11.6 Å². The zero-order chi connectivity index (χ0) is 26.9. The molecule has 0 saturated heterocycles. The quantitative estimate of drug-likeness (QED) is 0.291. The molecule has 0 aromatic carbocycles. The van der Waals surface area contributed by atoms with Crippen molar-refractivity contribution in [3.63, 3.8) is 0 Å². The molecule has 5 rings (SSSR count). The fourth-order valence-corrected chi connectivity index (χ4v) is 3.90. The average Bonchev–Trinajstić information content (AvgIpc) is 3.34. The topological polar surface area (TPSA) is 149 Å². The number of carbonyl (C=O) groups is 1. The summed E-state index contributed by atoms with van der Waals surface area (Å²) in [7, 11) is 0. The number of nitriles is 1. The summed E-state index contributed by atoms with van der Waals surface area (Å²) < 4.78 is 21.6. The summed E-state index contributed by atoms with van der Waals surface area (Å²) in [5.74, 6) is 0.624. The number of hydrogen-bond acceptors (Lipinski definition) is 9. The summed E-state index contributed by atoms with van der Waals surface area (Å²) in [5.41, 5.74) is 1.80. The first-order valence-electron chi connectivity index (χ1n) is 11.9. The number of halogens is 1. The van der Waals surface area contributed by atoms with Crippen molar-refractivity contribution < 1.29 is 19.0 Å². The number of amides is 1. The van der Waals surface area contributed by atoms with Crippen LogP contribution < -0.4 is 20.7 Å². The molecule has 1 unspecified atom stereocenters. The second-order valence-electron chi connectivity index (χ2n) is 9.33. The van der Waals surface area contributed by atoms with E-state index in [1.807, 2.05) is 12.1 Å². The molecule has 0 saturated carbocycles. The highest BCUT2D eigenvalue weighted by molar-refractivity contribution is 6.00. The van der Waals surface area contributed by atoms with Crippen LogP contribution in [-0.2, 0) is 0 Å². The normalized spacial score (nSPS) is 13.6. The Labute approximate surface area is 217 Å². The summed E-state index contributed by atoms with van der Waals surface area (Å²) in [6, 6.07) is 10.8. The number of anilines is 3. The van der Waals surface area contributed by atoms with E-state index < -0.39 is 17.7 Å². The number of rotatable bonds is 7. The molecule has 0 fully saturated rings. The predicted octanol–water partition coefficient (Wildman–Crippen LogP) is 3.05. The molecule has 1 aliphatic heterocycles. The minimum atomic E-state index is -1.67. The third-order valence-electron chi connectivity index (χ3n) is 6.03. The molecule has 5 heterocycles. The van der Waals surface area contributed by atoms with Crippen molar-refractivity contribution in [1.82, 2.24) is 24.9 Å². The van der Waals surface area contributed by atoms with Gasteiger partial charge < -0.3 is 25.8 Å². The molecule has 0 radical (unpaired) electrons. The van der Waals surface area contributed by atoms with Gasteiger partial charge >= 0.3 is 0 Å². The van der Waals surface area contributed by atoms with Crippen LogP contribution in [0.3, 0.4) is 0 Å². The Morgan fingerprint density at radius 1 is 1.29 bits per heavy atom. The standard InChI is InChI=1S/C26H25FN8O3/c1-26(2,37)23(27)14-32-25(36)18-13-30-20(21-4-3-17-7-15(10-28)11-33-35(17)21)9-19(18)34-16-8-22-24(31-12-16)29-5-6-38-22/h3-4,7-9,11-13,23,37H,5-6,14H2,1-2H3,(H,29,31)(H,30,34)(H,32,36). The van der Waals surface area contributed by atoms with Crippen LogP contribution in [0.2, 0.25) is 0 Å². The molecule has 0 aliphatic carbocycles. The Morgan fingerprint density at radius 3 is 2.92 bits per heavy atom. The molecule has 0 spiro atoms. The molecular formula is C26H25FN8O3. The highest BCUT2D eigenvalue weighted by atomic mass is 19.1. The van der Waals surface area contributed by atoms with E-state index in [2.05, 4.69) is 37.1 Å². The maximum atomic E-state index is 14.3. The predicted molar refractivity (Wildman–Crippen MR) is 138 cm³/mol. The van der Waals surface area contributed by atoms with Crippen molar-refractivity contribution >= 4 is 28.6 Å². The lowest BCUT2D eigenvalue weighted by Crippen LogP contribution is -2.42. The second-order valence-corrected chi connectivity index (χ2v) is 9.33. The van der Waals surface area contributed by atoms with Crippen LogP contribution in [0.5, 0.6) is 5.75 Å². The number of aromatic nitrogens is 4. The average molecular weight is 517 g/mol.